The predicted molar refractivity (Wildman–Crippen MR) is 112 cm³/mol. The first-order valence-corrected chi connectivity index (χ1v) is 9.65. The van der Waals surface area contributed by atoms with E-state index in [1.54, 1.807) is 11.7 Å². The zero-order chi connectivity index (χ0) is 21.0. The lowest BCUT2D eigenvalue weighted by atomic mass is 10.2. The fourth-order valence-corrected chi connectivity index (χ4v) is 3.42. The number of amides is 1. The van der Waals surface area contributed by atoms with Crippen molar-refractivity contribution in [3.05, 3.63) is 57.8 Å². The maximum absolute atomic E-state index is 11.5. The van der Waals surface area contributed by atoms with Crippen molar-refractivity contribution in [1.29, 1.82) is 0 Å². The van der Waals surface area contributed by atoms with Crippen molar-refractivity contribution in [3.8, 4) is 5.75 Å². The molecule has 11 heteroatoms. The second-order valence-electron chi connectivity index (χ2n) is 5.93. The van der Waals surface area contributed by atoms with Crippen molar-refractivity contribution in [3.63, 3.8) is 0 Å². The minimum absolute atomic E-state index is 0.121. The molecule has 0 saturated carbocycles. The molecule has 152 valence electrons. The van der Waals surface area contributed by atoms with E-state index in [4.69, 9.17) is 45.3 Å². The Bertz CT molecular complexity index is 1030. The third kappa shape index (κ3) is 4.90. The molecule has 0 saturated heterocycles. The van der Waals surface area contributed by atoms with Crippen LogP contribution in [0.25, 0.3) is 0 Å². The summed E-state index contributed by atoms with van der Waals surface area (Å²) in [5, 5.41) is 0.635. The molecule has 3 aromatic rings. The smallest absolute Gasteiger partial charge is 0.267 e. The zero-order valence-electron chi connectivity index (χ0n) is 15.3. The molecule has 8 nitrogen and oxygen atoms in total. The Labute approximate surface area is 182 Å². The summed E-state index contributed by atoms with van der Waals surface area (Å²) in [5.41, 5.74) is 6.26. The van der Waals surface area contributed by atoms with Gasteiger partial charge in [0.15, 0.2) is 5.15 Å². The van der Waals surface area contributed by atoms with Gasteiger partial charge in [0, 0.05) is 31.0 Å². The summed E-state index contributed by atoms with van der Waals surface area (Å²) >= 11 is 18.1. The maximum atomic E-state index is 11.5. The Morgan fingerprint density at radius 2 is 2.03 bits per heavy atom. The van der Waals surface area contributed by atoms with E-state index in [1.807, 2.05) is 29.2 Å². The van der Waals surface area contributed by atoms with Crippen molar-refractivity contribution in [1.82, 2.24) is 19.5 Å². The molecule has 0 radical (unpaired) electrons. The number of halogens is 3. The minimum Gasteiger partial charge on any atom is -0.497 e. The summed E-state index contributed by atoms with van der Waals surface area (Å²) in [7, 11) is 1.58. The molecule has 1 aromatic carbocycles. The minimum atomic E-state index is -0.633. The number of hydrogen-bond acceptors (Lipinski definition) is 6. The third-order valence-electron chi connectivity index (χ3n) is 4.09. The van der Waals surface area contributed by atoms with Gasteiger partial charge in [0.25, 0.3) is 5.91 Å². The van der Waals surface area contributed by atoms with Crippen LogP contribution in [0.15, 0.2) is 36.5 Å². The van der Waals surface area contributed by atoms with Crippen molar-refractivity contribution in [2.45, 2.75) is 13.0 Å². The summed E-state index contributed by atoms with van der Waals surface area (Å²) < 4.78 is 6.91. The monoisotopic (exact) mass is 454 g/mol. The Balaban J connectivity index is 1.88. The van der Waals surface area contributed by atoms with Crippen LogP contribution >= 0.6 is 34.8 Å². The Morgan fingerprint density at radius 1 is 1.24 bits per heavy atom. The number of rotatable bonds is 8. The van der Waals surface area contributed by atoms with Crippen LogP contribution in [0.1, 0.15) is 16.9 Å². The average Bonchev–Trinajstić information content (AvgIpc) is 2.97. The molecule has 29 heavy (non-hydrogen) atoms. The van der Waals surface area contributed by atoms with Crippen LogP contribution in [0.3, 0.4) is 0 Å². The number of ether oxygens (including phenoxy) is 1. The molecule has 2 heterocycles. The van der Waals surface area contributed by atoms with Crippen LogP contribution in [-0.2, 0) is 6.54 Å². The molecular weight excluding hydrogens is 439 g/mol. The highest BCUT2D eigenvalue weighted by Crippen LogP contribution is 2.28. The highest BCUT2D eigenvalue weighted by atomic mass is 35.5. The summed E-state index contributed by atoms with van der Waals surface area (Å²) in [5.74, 6) is 0.368. The number of imidazole rings is 1. The van der Waals surface area contributed by atoms with Gasteiger partial charge in [0.05, 0.1) is 7.11 Å². The highest BCUT2D eigenvalue weighted by molar-refractivity contribution is 6.41. The first-order chi connectivity index (χ1) is 13.9. The molecule has 0 aliphatic rings. The summed E-state index contributed by atoms with van der Waals surface area (Å²) in [6, 6.07) is 8.87. The van der Waals surface area contributed by atoms with Crippen molar-refractivity contribution < 1.29 is 9.53 Å². The van der Waals surface area contributed by atoms with Crippen LogP contribution in [0.5, 0.6) is 5.75 Å². The quantitative estimate of drug-likeness (QED) is 0.552. The molecule has 0 spiro atoms. The molecule has 2 aromatic heterocycles. The van der Waals surface area contributed by atoms with E-state index in [2.05, 4.69) is 15.0 Å². The third-order valence-corrected chi connectivity index (χ3v) is 5.12. The molecule has 3 rings (SSSR count). The van der Waals surface area contributed by atoms with E-state index < -0.39 is 5.91 Å². The molecule has 0 fully saturated rings. The first kappa shape index (κ1) is 21.2. The molecule has 0 atom stereocenters. The number of benzene rings is 1. The summed E-state index contributed by atoms with van der Waals surface area (Å²) in [4.78, 5) is 25.9. The lowest BCUT2D eigenvalue weighted by molar-refractivity contribution is 0.0995. The molecular formula is C18H17Cl3N6O2. The lowest BCUT2D eigenvalue weighted by Crippen LogP contribution is -2.24. The van der Waals surface area contributed by atoms with Gasteiger partial charge in [-0.3, -0.25) is 4.79 Å². The van der Waals surface area contributed by atoms with Gasteiger partial charge < -0.3 is 19.9 Å². The topological polar surface area (TPSA) is 99.2 Å². The number of nitrogens with zero attached hydrogens (tertiary/aromatic N) is 5. The van der Waals surface area contributed by atoms with Gasteiger partial charge in [-0.25, -0.2) is 15.0 Å². The molecule has 0 aliphatic heterocycles. The SMILES string of the molecule is COc1cccc(N(CCCn2c(Cl)nc(Cl)c2Cl)c2nccc(C(N)=O)n2)c1. The van der Waals surface area contributed by atoms with Gasteiger partial charge in [-0.05, 0) is 36.2 Å². The second kappa shape index (κ2) is 9.30. The number of primary amides is 1. The maximum Gasteiger partial charge on any atom is 0.267 e. The molecule has 2 N–H and O–H groups in total. The number of hydrogen-bond donors (Lipinski definition) is 1. The van der Waals surface area contributed by atoms with Crippen molar-refractivity contribution >= 4 is 52.3 Å². The van der Waals surface area contributed by atoms with Gasteiger partial charge in [-0.1, -0.05) is 29.3 Å². The Morgan fingerprint density at radius 3 is 2.69 bits per heavy atom. The van der Waals surface area contributed by atoms with Crippen LogP contribution < -0.4 is 15.4 Å². The van der Waals surface area contributed by atoms with Crippen LogP contribution in [0.2, 0.25) is 15.6 Å². The number of carbonyl (C=O) groups is 1. The Hall–Kier alpha value is -2.55. The molecule has 0 bridgehead atoms. The Kier molecular flexibility index (Phi) is 6.79. The lowest BCUT2D eigenvalue weighted by Gasteiger charge is -2.23. The van der Waals surface area contributed by atoms with E-state index in [-0.39, 0.29) is 21.3 Å². The van der Waals surface area contributed by atoms with E-state index in [1.165, 1.54) is 12.3 Å². The van der Waals surface area contributed by atoms with Gasteiger partial charge in [-0.2, -0.15) is 0 Å². The number of carbonyl (C=O) groups excluding carboxylic acids is 1. The van der Waals surface area contributed by atoms with Crippen LogP contribution in [-0.4, -0.2) is 39.1 Å². The fraction of sp³-hybridized carbons (Fsp3) is 0.222. The number of anilines is 2. The van der Waals surface area contributed by atoms with Gasteiger partial charge in [0.2, 0.25) is 11.2 Å². The largest absolute Gasteiger partial charge is 0.497 e. The average molecular weight is 456 g/mol. The fourth-order valence-electron chi connectivity index (χ4n) is 2.70. The van der Waals surface area contributed by atoms with E-state index in [0.29, 0.717) is 31.2 Å². The highest BCUT2D eigenvalue weighted by Gasteiger charge is 2.17. The van der Waals surface area contributed by atoms with Gasteiger partial charge >= 0.3 is 0 Å². The second-order valence-corrected chi connectivity index (χ2v) is 6.98. The molecule has 1 amide bonds. The number of nitrogens with two attached hydrogens (primary N) is 1. The van der Waals surface area contributed by atoms with Crippen molar-refractivity contribution in [2.24, 2.45) is 5.73 Å². The summed E-state index contributed by atoms with van der Waals surface area (Å²) in [6.45, 7) is 0.950. The van der Waals surface area contributed by atoms with Crippen LogP contribution in [0, 0.1) is 0 Å². The van der Waals surface area contributed by atoms with Crippen molar-refractivity contribution in [2.75, 3.05) is 18.6 Å². The standard InChI is InChI=1S/C18H17Cl3N6O2/c1-29-12-5-2-4-11(10-12)26(18-23-7-6-13(24-18)16(22)28)8-3-9-27-15(20)14(19)25-17(27)21/h2,4-7,10H,3,8-9H2,1H3,(H2,22,28). The normalized spacial score (nSPS) is 10.8. The predicted octanol–water partition coefficient (Wildman–Crippen LogP) is 3.97. The van der Waals surface area contributed by atoms with E-state index in [0.717, 1.165) is 5.69 Å². The molecule has 0 aliphatic carbocycles. The zero-order valence-corrected chi connectivity index (χ0v) is 17.6. The van der Waals surface area contributed by atoms with Crippen LogP contribution in [0.4, 0.5) is 11.6 Å². The van der Waals surface area contributed by atoms with E-state index >= 15 is 0 Å². The summed E-state index contributed by atoms with van der Waals surface area (Å²) in [6.07, 6.45) is 2.09. The van der Waals surface area contributed by atoms with E-state index in [9.17, 15) is 4.79 Å². The van der Waals surface area contributed by atoms with Gasteiger partial charge in [-0.15, -0.1) is 0 Å². The van der Waals surface area contributed by atoms with Gasteiger partial charge in [0.1, 0.15) is 16.6 Å². The molecule has 0 unspecified atom stereocenters. The number of methoxy groups -OCH3 is 1. The number of aromatic nitrogens is 4. The first-order valence-electron chi connectivity index (χ1n) is 8.52.